The molecule has 0 aromatic heterocycles. The van der Waals surface area contributed by atoms with Crippen LogP contribution in [0.25, 0.3) is 0 Å². The Bertz CT molecular complexity index is 59.5. The van der Waals surface area contributed by atoms with Gasteiger partial charge in [-0.2, -0.15) is 11.8 Å². The van der Waals surface area contributed by atoms with Crippen molar-refractivity contribution in [2.45, 2.75) is 18.9 Å². The van der Waals surface area contributed by atoms with Gasteiger partial charge >= 0.3 is 0 Å². The van der Waals surface area contributed by atoms with Crippen LogP contribution in [0.15, 0.2) is 0 Å². The maximum absolute atomic E-state index is 3.28. The Morgan fingerprint density at radius 1 is 1.62 bits per heavy atom. The van der Waals surface area contributed by atoms with Gasteiger partial charge in [0.05, 0.1) is 0 Å². The molecule has 1 fully saturated rings. The summed E-state index contributed by atoms with van der Waals surface area (Å²) in [5.41, 5.74) is 0. The van der Waals surface area contributed by atoms with Gasteiger partial charge in [0.15, 0.2) is 0 Å². The number of nitrogens with one attached hydrogen (secondary N) is 1. The van der Waals surface area contributed by atoms with Gasteiger partial charge < -0.3 is 5.32 Å². The Hall–Kier alpha value is 0.310. The van der Waals surface area contributed by atoms with Crippen LogP contribution in [0.5, 0.6) is 0 Å². The van der Waals surface area contributed by atoms with E-state index in [1.54, 1.807) is 0 Å². The molecule has 0 amide bonds. The van der Waals surface area contributed by atoms with E-state index in [9.17, 15) is 0 Å². The van der Waals surface area contributed by atoms with Crippen LogP contribution in [0.4, 0.5) is 0 Å². The molecule has 0 saturated carbocycles. The largest absolute Gasteiger partial charge is 0.316 e. The molecule has 0 spiro atoms. The molecule has 0 aromatic carbocycles. The molecule has 1 aliphatic heterocycles. The lowest BCUT2D eigenvalue weighted by molar-refractivity contribution is 0.555. The van der Waals surface area contributed by atoms with Crippen LogP contribution in [0.2, 0.25) is 0 Å². The lowest BCUT2D eigenvalue weighted by Crippen LogP contribution is -2.30. The van der Waals surface area contributed by atoms with Crippen molar-refractivity contribution >= 4 is 11.8 Å². The van der Waals surface area contributed by atoms with Crippen LogP contribution < -0.4 is 5.32 Å². The average Bonchev–Trinajstić information content (AvgIpc) is 1.90. The lowest BCUT2D eigenvalue weighted by atomic mass is 10.2. The van der Waals surface area contributed by atoms with E-state index in [2.05, 4.69) is 24.1 Å². The van der Waals surface area contributed by atoms with E-state index in [0.29, 0.717) is 0 Å². The quantitative estimate of drug-likeness (QED) is 0.572. The van der Waals surface area contributed by atoms with Crippen LogP contribution in [0.1, 0.15) is 12.8 Å². The highest BCUT2D eigenvalue weighted by molar-refractivity contribution is 7.99. The fourth-order valence-corrected chi connectivity index (χ4v) is 2.12. The molecule has 1 N–H and O–H groups in total. The maximum Gasteiger partial charge on any atom is 0.0155 e. The zero-order valence-corrected chi connectivity index (χ0v) is 6.13. The van der Waals surface area contributed by atoms with Gasteiger partial charge in [0.25, 0.3) is 0 Å². The summed E-state index contributed by atoms with van der Waals surface area (Å²) < 4.78 is 0. The molecule has 1 saturated heterocycles. The number of rotatable bonds is 1. The molecular formula is C6H13NS. The standard InChI is InChI=1S/C6H13NS/c1-7-6-3-2-4-8-5-6/h6-7H,2-5H2,1H3/t6-/m1/s1. The van der Waals surface area contributed by atoms with Crippen LogP contribution in [-0.4, -0.2) is 24.6 Å². The topological polar surface area (TPSA) is 12.0 Å². The Kier molecular flexibility index (Phi) is 2.70. The molecular weight excluding hydrogens is 118 g/mol. The SMILES string of the molecule is CN[C@@H]1CCCSC1. The van der Waals surface area contributed by atoms with Crippen molar-refractivity contribution in [3.05, 3.63) is 0 Å². The smallest absolute Gasteiger partial charge is 0.0155 e. The van der Waals surface area contributed by atoms with E-state index in [4.69, 9.17) is 0 Å². The third-order valence-corrected chi connectivity index (χ3v) is 2.78. The number of thioether (sulfide) groups is 1. The van der Waals surface area contributed by atoms with Gasteiger partial charge in [-0.1, -0.05) is 0 Å². The molecule has 2 heteroatoms. The molecule has 1 aliphatic rings. The van der Waals surface area contributed by atoms with Crippen LogP contribution in [0.3, 0.4) is 0 Å². The summed E-state index contributed by atoms with van der Waals surface area (Å²) in [5, 5.41) is 3.28. The first-order valence-corrected chi connectivity index (χ1v) is 4.34. The molecule has 48 valence electrons. The van der Waals surface area contributed by atoms with Crippen LogP contribution in [-0.2, 0) is 0 Å². The Labute approximate surface area is 55.2 Å². The summed E-state index contributed by atoms with van der Waals surface area (Å²) in [6.07, 6.45) is 2.78. The minimum atomic E-state index is 0.800. The Morgan fingerprint density at radius 3 is 2.88 bits per heavy atom. The predicted molar refractivity (Wildman–Crippen MR) is 39.4 cm³/mol. The van der Waals surface area contributed by atoms with E-state index in [-0.39, 0.29) is 0 Å². The first kappa shape index (κ1) is 6.43. The summed E-state index contributed by atoms with van der Waals surface area (Å²) in [6.45, 7) is 0. The van der Waals surface area contributed by atoms with Crippen LogP contribution >= 0.6 is 11.8 Å². The highest BCUT2D eigenvalue weighted by Crippen LogP contribution is 2.15. The zero-order chi connectivity index (χ0) is 5.82. The second kappa shape index (κ2) is 3.36. The van der Waals surface area contributed by atoms with E-state index >= 15 is 0 Å². The van der Waals surface area contributed by atoms with Gasteiger partial charge in [0.1, 0.15) is 0 Å². The molecule has 0 bridgehead atoms. The van der Waals surface area contributed by atoms with E-state index < -0.39 is 0 Å². The van der Waals surface area contributed by atoms with Gasteiger partial charge in [-0.05, 0) is 25.6 Å². The predicted octanol–water partition coefficient (Wildman–Crippen LogP) is 1.10. The van der Waals surface area contributed by atoms with Crippen molar-refractivity contribution in [2.24, 2.45) is 0 Å². The van der Waals surface area contributed by atoms with Crippen LogP contribution in [0, 0.1) is 0 Å². The third kappa shape index (κ3) is 1.67. The van der Waals surface area contributed by atoms with E-state index in [0.717, 1.165) is 6.04 Å². The van der Waals surface area contributed by atoms with Crippen molar-refractivity contribution in [3.63, 3.8) is 0 Å². The van der Waals surface area contributed by atoms with Crippen molar-refractivity contribution in [1.29, 1.82) is 0 Å². The van der Waals surface area contributed by atoms with E-state index in [1.807, 2.05) is 0 Å². The van der Waals surface area contributed by atoms with Crippen molar-refractivity contribution in [2.75, 3.05) is 18.6 Å². The summed E-state index contributed by atoms with van der Waals surface area (Å²) in [7, 11) is 2.05. The van der Waals surface area contributed by atoms with E-state index in [1.165, 1.54) is 24.3 Å². The maximum atomic E-state index is 3.28. The van der Waals surface area contributed by atoms with Gasteiger partial charge in [-0.3, -0.25) is 0 Å². The molecule has 0 unspecified atom stereocenters. The first-order chi connectivity index (χ1) is 3.93. The third-order valence-electron chi connectivity index (χ3n) is 1.57. The number of hydrogen-bond donors (Lipinski definition) is 1. The second-order valence-corrected chi connectivity index (χ2v) is 3.35. The first-order valence-electron chi connectivity index (χ1n) is 3.18. The molecule has 1 heterocycles. The Morgan fingerprint density at radius 2 is 2.50 bits per heavy atom. The van der Waals surface area contributed by atoms with Crippen molar-refractivity contribution in [3.8, 4) is 0 Å². The summed E-state index contributed by atoms with van der Waals surface area (Å²) >= 11 is 2.07. The normalized spacial score (nSPS) is 30.4. The molecule has 1 nitrogen and oxygen atoms in total. The molecule has 0 aromatic rings. The van der Waals surface area contributed by atoms with Crippen molar-refractivity contribution < 1.29 is 0 Å². The summed E-state index contributed by atoms with van der Waals surface area (Å²) in [4.78, 5) is 0. The lowest BCUT2D eigenvalue weighted by Gasteiger charge is -2.19. The highest BCUT2D eigenvalue weighted by Gasteiger charge is 2.09. The summed E-state index contributed by atoms with van der Waals surface area (Å²) in [5.74, 6) is 2.69. The molecule has 0 radical (unpaired) electrons. The van der Waals surface area contributed by atoms with Crippen molar-refractivity contribution in [1.82, 2.24) is 5.32 Å². The second-order valence-electron chi connectivity index (χ2n) is 2.20. The fraction of sp³-hybridized carbons (Fsp3) is 1.00. The monoisotopic (exact) mass is 131 g/mol. The molecule has 8 heavy (non-hydrogen) atoms. The Balaban J connectivity index is 2.13. The minimum absolute atomic E-state index is 0.800. The fourth-order valence-electron chi connectivity index (χ4n) is 0.968. The number of hydrogen-bond acceptors (Lipinski definition) is 2. The molecule has 1 atom stereocenters. The van der Waals surface area contributed by atoms with Gasteiger partial charge in [0.2, 0.25) is 0 Å². The zero-order valence-electron chi connectivity index (χ0n) is 5.31. The molecule has 0 aliphatic carbocycles. The van der Waals surface area contributed by atoms with Gasteiger partial charge in [0, 0.05) is 11.8 Å². The van der Waals surface area contributed by atoms with Gasteiger partial charge in [-0.25, -0.2) is 0 Å². The summed E-state index contributed by atoms with van der Waals surface area (Å²) in [6, 6.07) is 0.800. The average molecular weight is 131 g/mol. The minimum Gasteiger partial charge on any atom is -0.316 e. The highest BCUT2D eigenvalue weighted by atomic mass is 32.2. The van der Waals surface area contributed by atoms with Gasteiger partial charge in [-0.15, -0.1) is 0 Å². The molecule has 1 rings (SSSR count).